The molecule has 0 atom stereocenters. The van der Waals surface area contributed by atoms with Crippen LogP contribution in [0.5, 0.6) is 0 Å². The predicted molar refractivity (Wildman–Crippen MR) is 71.8 cm³/mol. The van der Waals surface area contributed by atoms with Crippen molar-refractivity contribution in [2.24, 2.45) is 5.73 Å². The maximum atomic E-state index is 5.60. The molecule has 1 rings (SSSR count). The summed E-state index contributed by atoms with van der Waals surface area (Å²) in [6.07, 6.45) is 9.35. The molecule has 0 amide bonds. The van der Waals surface area contributed by atoms with Crippen LogP contribution < -0.4 is 5.73 Å². The first-order chi connectivity index (χ1) is 7.71. The van der Waals surface area contributed by atoms with Crippen LogP contribution in [0.4, 0.5) is 0 Å². The predicted octanol–water partition coefficient (Wildman–Crippen LogP) is 2.31. The van der Waals surface area contributed by atoms with Gasteiger partial charge in [-0.05, 0) is 25.6 Å². The summed E-state index contributed by atoms with van der Waals surface area (Å²) in [5, 5.41) is 0. The summed E-state index contributed by atoms with van der Waals surface area (Å²) in [5.74, 6) is 0. The highest BCUT2D eigenvalue weighted by atomic mass is 32.2. The lowest BCUT2D eigenvalue weighted by atomic mass is 10.0. The lowest BCUT2D eigenvalue weighted by Crippen LogP contribution is -2.29. The van der Waals surface area contributed by atoms with E-state index in [0.717, 1.165) is 13.0 Å². The number of nitrogens with two attached hydrogens (primary N) is 1. The Morgan fingerprint density at radius 1 is 1.44 bits per heavy atom. The second kappa shape index (κ2) is 6.30. The summed E-state index contributed by atoms with van der Waals surface area (Å²) in [6.45, 7) is 6.26. The number of hydrogen-bond acceptors (Lipinski definition) is 3. The first kappa shape index (κ1) is 13.6. The third kappa shape index (κ3) is 3.01. The van der Waals surface area contributed by atoms with Crippen LogP contribution in [-0.2, 0) is 13.0 Å². The van der Waals surface area contributed by atoms with E-state index in [0.29, 0.717) is 11.3 Å². The van der Waals surface area contributed by atoms with Gasteiger partial charge in [0.2, 0.25) is 0 Å². The monoisotopic (exact) mass is 241 g/mol. The summed E-state index contributed by atoms with van der Waals surface area (Å²) in [7, 11) is 0. The minimum absolute atomic E-state index is 0.337. The molecule has 3 nitrogen and oxygen atoms in total. The SMILES string of the molecule is CCC(CC)(Cn1cncc1CCN)SC. The highest BCUT2D eigenvalue weighted by molar-refractivity contribution is 8.00. The van der Waals surface area contributed by atoms with Crippen molar-refractivity contribution < 1.29 is 0 Å². The van der Waals surface area contributed by atoms with E-state index in [1.54, 1.807) is 0 Å². The molecular weight excluding hydrogens is 218 g/mol. The van der Waals surface area contributed by atoms with Crippen LogP contribution in [0.15, 0.2) is 12.5 Å². The summed E-state index contributed by atoms with van der Waals surface area (Å²) < 4.78 is 2.60. The van der Waals surface area contributed by atoms with Crippen molar-refractivity contribution in [3.8, 4) is 0 Å². The van der Waals surface area contributed by atoms with Crippen LogP contribution >= 0.6 is 11.8 Å². The van der Waals surface area contributed by atoms with E-state index >= 15 is 0 Å². The van der Waals surface area contributed by atoms with Crippen LogP contribution in [0.3, 0.4) is 0 Å². The Kier molecular flexibility index (Phi) is 5.35. The quantitative estimate of drug-likeness (QED) is 0.796. The highest BCUT2D eigenvalue weighted by Gasteiger charge is 2.25. The Morgan fingerprint density at radius 3 is 2.62 bits per heavy atom. The average molecular weight is 241 g/mol. The zero-order valence-electron chi connectivity index (χ0n) is 10.6. The van der Waals surface area contributed by atoms with E-state index in [4.69, 9.17) is 5.73 Å². The highest BCUT2D eigenvalue weighted by Crippen LogP contribution is 2.32. The molecule has 0 saturated heterocycles. The standard InChI is InChI=1S/C12H23N3S/c1-4-12(5-2,16-3)9-15-10-14-8-11(15)6-7-13/h8,10H,4-7,9,13H2,1-3H3. The molecule has 1 aromatic heterocycles. The molecule has 16 heavy (non-hydrogen) atoms. The summed E-state index contributed by atoms with van der Waals surface area (Å²) >= 11 is 1.96. The molecule has 2 N–H and O–H groups in total. The molecule has 0 radical (unpaired) electrons. The largest absolute Gasteiger partial charge is 0.333 e. The molecule has 0 spiro atoms. The molecule has 0 aliphatic carbocycles. The van der Waals surface area contributed by atoms with Gasteiger partial charge in [-0.25, -0.2) is 4.98 Å². The topological polar surface area (TPSA) is 43.8 Å². The van der Waals surface area contributed by atoms with Gasteiger partial charge >= 0.3 is 0 Å². The normalized spacial score (nSPS) is 12.0. The van der Waals surface area contributed by atoms with E-state index in [2.05, 4.69) is 29.7 Å². The summed E-state index contributed by atoms with van der Waals surface area (Å²) in [4.78, 5) is 4.23. The van der Waals surface area contributed by atoms with Crippen molar-refractivity contribution in [1.82, 2.24) is 9.55 Å². The molecule has 0 aliphatic rings. The molecule has 0 fully saturated rings. The van der Waals surface area contributed by atoms with Crippen molar-refractivity contribution in [2.45, 2.75) is 44.4 Å². The Morgan fingerprint density at radius 2 is 2.12 bits per heavy atom. The van der Waals surface area contributed by atoms with Crippen molar-refractivity contribution in [3.63, 3.8) is 0 Å². The molecule has 0 bridgehead atoms. The number of nitrogens with zero attached hydrogens (tertiary/aromatic N) is 2. The number of rotatable bonds is 7. The number of imidazole rings is 1. The molecule has 1 aromatic rings. The van der Waals surface area contributed by atoms with Gasteiger partial charge < -0.3 is 10.3 Å². The molecule has 92 valence electrons. The fourth-order valence-corrected chi connectivity index (χ4v) is 2.83. The van der Waals surface area contributed by atoms with Crippen LogP contribution in [-0.4, -0.2) is 27.1 Å². The van der Waals surface area contributed by atoms with Crippen LogP contribution in [0.25, 0.3) is 0 Å². The molecule has 0 saturated carbocycles. The van der Waals surface area contributed by atoms with Crippen molar-refractivity contribution in [1.29, 1.82) is 0 Å². The lowest BCUT2D eigenvalue weighted by molar-refractivity contribution is 0.458. The van der Waals surface area contributed by atoms with E-state index in [-0.39, 0.29) is 0 Å². The Labute approximate surface area is 103 Å². The molecule has 0 unspecified atom stereocenters. The van der Waals surface area contributed by atoms with Gasteiger partial charge in [-0.15, -0.1) is 0 Å². The van der Waals surface area contributed by atoms with Crippen LogP contribution in [0.1, 0.15) is 32.4 Å². The summed E-state index contributed by atoms with van der Waals surface area (Å²) in [6, 6.07) is 0. The smallest absolute Gasteiger partial charge is 0.0948 e. The summed E-state index contributed by atoms with van der Waals surface area (Å²) in [5.41, 5.74) is 6.86. The molecular formula is C12H23N3S. The van der Waals surface area contributed by atoms with Gasteiger partial charge in [0.05, 0.1) is 6.33 Å². The zero-order chi connectivity index (χ0) is 12.0. The van der Waals surface area contributed by atoms with Gasteiger partial charge in [-0.2, -0.15) is 11.8 Å². The fraction of sp³-hybridized carbons (Fsp3) is 0.750. The van der Waals surface area contributed by atoms with Crippen molar-refractivity contribution >= 4 is 11.8 Å². The van der Waals surface area contributed by atoms with E-state index < -0.39 is 0 Å². The second-order valence-electron chi connectivity index (χ2n) is 4.15. The van der Waals surface area contributed by atoms with Gasteiger partial charge in [0.25, 0.3) is 0 Å². The zero-order valence-corrected chi connectivity index (χ0v) is 11.4. The van der Waals surface area contributed by atoms with Crippen molar-refractivity contribution in [2.75, 3.05) is 12.8 Å². The van der Waals surface area contributed by atoms with Crippen LogP contribution in [0.2, 0.25) is 0 Å². The molecule has 4 heteroatoms. The second-order valence-corrected chi connectivity index (χ2v) is 5.42. The maximum absolute atomic E-state index is 5.60. The average Bonchev–Trinajstić information content (AvgIpc) is 2.74. The van der Waals surface area contributed by atoms with E-state index in [9.17, 15) is 0 Å². The van der Waals surface area contributed by atoms with E-state index in [1.807, 2.05) is 24.3 Å². The number of hydrogen-bond donors (Lipinski definition) is 1. The Bertz CT molecular complexity index is 297. The first-order valence-corrected chi connectivity index (χ1v) is 7.18. The Balaban J connectivity index is 2.80. The lowest BCUT2D eigenvalue weighted by Gasteiger charge is -2.30. The minimum atomic E-state index is 0.337. The number of aromatic nitrogens is 2. The minimum Gasteiger partial charge on any atom is -0.333 e. The number of thioether (sulfide) groups is 1. The van der Waals surface area contributed by atoms with Crippen molar-refractivity contribution in [3.05, 3.63) is 18.2 Å². The first-order valence-electron chi connectivity index (χ1n) is 5.95. The Hall–Kier alpha value is -0.480. The fourth-order valence-electron chi connectivity index (χ4n) is 1.98. The van der Waals surface area contributed by atoms with E-state index in [1.165, 1.54) is 18.5 Å². The molecule has 0 aliphatic heterocycles. The van der Waals surface area contributed by atoms with Gasteiger partial charge in [-0.1, -0.05) is 13.8 Å². The maximum Gasteiger partial charge on any atom is 0.0948 e. The molecule has 1 heterocycles. The van der Waals surface area contributed by atoms with Crippen LogP contribution in [0, 0.1) is 0 Å². The molecule has 0 aromatic carbocycles. The van der Waals surface area contributed by atoms with Gasteiger partial charge in [0, 0.05) is 29.6 Å². The van der Waals surface area contributed by atoms with Gasteiger partial charge in [0.15, 0.2) is 0 Å². The van der Waals surface area contributed by atoms with Gasteiger partial charge in [-0.3, -0.25) is 0 Å². The van der Waals surface area contributed by atoms with Gasteiger partial charge in [0.1, 0.15) is 0 Å². The third-order valence-electron chi connectivity index (χ3n) is 3.38. The third-order valence-corrected chi connectivity index (χ3v) is 4.95.